The summed E-state index contributed by atoms with van der Waals surface area (Å²) in [7, 11) is 2.74. The van der Waals surface area contributed by atoms with Crippen molar-refractivity contribution < 1.29 is 28.7 Å². The minimum atomic E-state index is -0.558. The molecule has 1 saturated heterocycles. The number of hydrogen-bond donors (Lipinski definition) is 0. The molecule has 3 aromatic rings. The average molecular weight is 641 g/mol. The van der Waals surface area contributed by atoms with Crippen molar-refractivity contribution in [3.63, 3.8) is 0 Å². The number of methoxy groups -OCH3 is 2. The summed E-state index contributed by atoms with van der Waals surface area (Å²) in [6.45, 7) is 1.84. The fourth-order valence-corrected chi connectivity index (χ4v) is 5.10. The summed E-state index contributed by atoms with van der Waals surface area (Å²) in [6.07, 6.45) is 2.45. The number of nitrogens with zero attached hydrogens (tertiary/aromatic N) is 3. The molecule has 3 aromatic carbocycles. The van der Waals surface area contributed by atoms with Crippen LogP contribution in [0.25, 0.3) is 6.08 Å². The summed E-state index contributed by atoms with van der Waals surface area (Å²) in [5, 5.41) is 11.3. The van der Waals surface area contributed by atoms with Gasteiger partial charge in [-0.1, -0.05) is 31.2 Å². The number of ether oxygens (including phenoxy) is 3. The number of thiocarbonyl (C=S) groups is 1. The first-order valence-corrected chi connectivity index (χ1v) is 13.6. The highest BCUT2D eigenvalue weighted by molar-refractivity contribution is 9.10. The molecule has 0 atom stereocenters. The summed E-state index contributed by atoms with van der Waals surface area (Å²) < 4.78 is 16.9. The molecule has 1 amide bonds. The molecule has 0 saturated carbocycles. The molecule has 1 aliphatic heterocycles. The lowest BCUT2D eigenvalue weighted by Gasteiger charge is -2.19. The molecule has 10 nitrogen and oxygen atoms in total. The van der Waals surface area contributed by atoms with E-state index in [0.717, 1.165) is 12.0 Å². The molecule has 0 N–H and O–H groups in total. The third kappa shape index (κ3) is 6.55. The lowest BCUT2D eigenvalue weighted by molar-refractivity contribution is -0.384. The van der Waals surface area contributed by atoms with Gasteiger partial charge in [0.05, 0.1) is 29.3 Å². The van der Waals surface area contributed by atoms with Gasteiger partial charge < -0.3 is 19.1 Å². The molecule has 12 heteroatoms. The van der Waals surface area contributed by atoms with Gasteiger partial charge in [-0.25, -0.2) is 0 Å². The lowest BCUT2D eigenvalue weighted by atomic mass is 10.1. The molecule has 0 bridgehead atoms. The van der Waals surface area contributed by atoms with Crippen LogP contribution in [-0.4, -0.2) is 47.6 Å². The normalized spacial score (nSPS) is 14.0. The Morgan fingerprint density at radius 3 is 2.46 bits per heavy atom. The number of halogens is 1. The van der Waals surface area contributed by atoms with Crippen molar-refractivity contribution in [3.8, 4) is 11.5 Å². The van der Waals surface area contributed by atoms with Gasteiger partial charge in [0.1, 0.15) is 18.8 Å². The van der Waals surface area contributed by atoms with Crippen molar-refractivity contribution >= 4 is 62.6 Å². The maximum atomic E-state index is 13.7. The summed E-state index contributed by atoms with van der Waals surface area (Å²) in [6, 6.07) is 17.0. The van der Waals surface area contributed by atoms with Gasteiger partial charge in [-0.15, -0.1) is 0 Å². The lowest BCUT2D eigenvalue weighted by Crippen LogP contribution is -2.35. The molecule has 41 heavy (non-hydrogen) atoms. The van der Waals surface area contributed by atoms with Crippen LogP contribution in [0.15, 0.2) is 70.8 Å². The molecule has 0 spiro atoms. The third-order valence-corrected chi connectivity index (χ3v) is 7.30. The minimum Gasteiger partial charge on any atom is -0.493 e. The SMILES string of the molecule is CCc1ccc(N2C(=O)/C(=C/c3cc(Br)c(OCc4cccc([N+](=O)[O-])c4)c(OC)c3)N(CC(=O)OC)C2=S)cc1. The zero-order chi connectivity index (χ0) is 29.7. The Balaban J connectivity index is 1.67. The molecule has 0 unspecified atom stereocenters. The highest BCUT2D eigenvalue weighted by Crippen LogP contribution is 2.39. The van der Waals surface area contributed by atoms with Gasteiger partial charge in [0.15, 0.2) is 16.6 Å². The smallest absolute Gasteiger partial charge is 0.325 e. The van der Waals surface area contributed by atoms with E-state index in [4.69, 9.17) is 26.4 Å². The number of nitro groups is 1. The molecular weight excluding hydrogens is 614 g/mol. The van der Waals surface area contributed by atoms with Gasteiger partial charge in [0.2, 0.25) is 0 Å². The Morgan fingerprint density at radius 1 is 1.10 bits per heavy atom. The number of esters is 1. The predicted octanol–water partition coefficient (Wildman–Crippen LogP) is 5.65. The molecule has 1 fully saturated rings. The Kier molecular flexibility index (Phi) is 9.35. The standard InChI is InChI=1S/C29H26BrN3O7S/c1-4-18-8-10-21(11-9-18)32-28(35)24(31(29(32)41)16-26(34)39-3)14-20-13-23(30)27(25(15-20)38-2)40-17-19-6-5-7-22(12-19)33(36)37/h5-15H,4,16-17H2,1-3H3/b24-14-. The van der Waals surface area contributed by atoms with Crippen LogP contribution in [-0.2, 0) is 27.4 Å². The first kappa shape index (κ1) is 29.7. The van der Waals surface area contributed by atoms with E-state index in [1.807, 2.05) is 31.2 Å². The van der Waals surface area contributed by atoms with E-state index in [1.165, 1.54) is 36.2 Å². The van der Waals surface area contributed by atoms with Crippen LogP contribution >= 0.6 is 28.1 Å². The molecule has 4 rings (SSSR count). The molecule has 1 heterocycles. The van der Waals surface area contributed by atoms with Gasteiger partial charge in [-0.05, 0) is 81.6 Å². The number of nitro benzene ring substituents is 1. The van der Waals surface area contributed by atoms with Crippen LogP contribution in [0.4, 0.5) is 11.4 Å². The van der Waals surface area contributed by atoms with E-state index < -0.39 is 16.8 Å². The van der Waals surface area contributed by atoms with Gasteiger partial charge in [-0.3, -0.25) is 24.6 Å². The summed E-state index contributed by atoms with van der Waals surface area (Å²) in [4.78, 5) is 39.3. The highest BCUT2D eigenvalue weighted by Gasteiger charge is 2.40. The fourth-order valence-electron chi connectivity index (χ4n) is 4.17. The van der Waals surface area contributed by atoms with Crippen LogP contribution in [0.3, 0.4) is 0 Å². The topological polar surface area (TPSA) is 111 Å². The van der Waals surface area contributed by atoms with Gasteiger partial charge in [0, 0.05) is 12.1 Å². The first-order valence-electron chi connectivity index (χ1n) is 12.4. The molecular formula is C29H26BrN3O7S. The van der Waals surface area contributed by atoms with E-state index in [2.05, 4.69) is 15.9 Å². The molecule has 1 aliphatic rings. The number of amides is 1. The second kappa shape index (κ2) is 12.9. The average Bonchev–Trinajstić information content (AvgIpc) is 3.20. The Hall–Kier alpha value is -4.29. The summed E-state index contributed by atoms with van der Waals surface area (Å²) in [5.41, 5.74) is 3.01. The zero-order valence-corrected chi connectivity index (χ0v) is 24.9. The number of rotatable bonds is 10. The van der Waals surface area contributed by atoms with Gasteiger partial charge >= 0.3 is 5.97 Å². The molecule has 0 radical (unpaired) electrons. The van der Waals surface area contributed by atoms with E-state index >= 15 is 0 Å². The van der Waals surface area contributed by atoms with E-state index in [1.54, 1.807) is 30.3 Å². The number of hydrogen-bond acceptors (Lipinski definition) is 8. The Labute approximate surface area is 250 Å². The monoisotopic (exact) mass is 639 g/mol. The van der Waals surface area contributed by atoms with Crippen LogP contribution in [0.1, 0.15) is 23.6 Å². The van der Waals surface area contributed by atoms with Crippen LogP contribution in [0.5, 0.6) is 11.5 Å². The van der Waals surface area contributed by atoms with Crippen molar-refractivity contribution in [2.24, 2.45) is 0 Å². The quantitative estimate of drug-likeness (QED) is 0.0912. The van der Waals surface area contributed by atoms with Crippen molar-refractivity contribution in [1.82, 2.24) is 4.90 Å². The molecule has 0 aliphatic carbocycles. The van der Waals surface area contributed by atoms with Crippen LogP contribution < -0.4 is 14.4 Å². The highest BCUT2D eigenvalue weighted by atomic mass is 79.9. The number of non-ortho nitro benzene ring substituents is 1. The van der Waals surface area contributed by atoms with Gasteiger partial charge in [0.25, 0.3) is 11.6 Å². The van der Waals surface area contributed by atoms with Crippen molar-refractivity contribution in [2.45, 2.75) is 20.0 Å². The number of carbonyl (C=O) groups is 2. The number of carbonyl (C=O) groups excluding carboxylic acids is 2. The minimum absolute atomic E-state index is 0.0369. The van der Waals surface area contributed by atoms with E-state index in [0.29, 0.717) is 32.8 Å². The molecule has 212 valence electrons. The number of benzene rings is 3. The largest absolute Gasteiger partial charge is 0.493 e. The second-order valence-electron chi connectivity index (χ2n) is 8.88. The Bertz CT molecular complexity index is 1540. The second-order valence-corrected chi connectivity index (χ2v) is 10.1. The first-order chi connectivity index (χ1) is 19.7. The van der Waals surface area contributed by atoms with E-state index in [-0.39, 0.29) is 29.6 Å². The molecule has 0 aromatic heterocycles. The number of anilines is 1. The van der Waals surface area contributed by atoms with Crippen molar-refractivity contribution in [3.05, 3.63) is 97.6 Å². The number of aryl methyl sites for hydroxylation is 1. The van der Waals surface area contributed by atoms with Gasteiger partial charge in [-0.2, -0.15) is 0 Å². The summed E-state index contributed by atoms with van der Waals surface area (Å²) >= 11 is 9.13. The maximum absolute atomic E-state index is 13.7. The van der Waals surface area contributed by atoms with Crippen LogP contribution in [0.2, 0.25) is 0 Å². The van der Waals surface area contributed by atoms with E-state index in [9.17, 15) is 19.7 Å². The fraction of sp³-hybridized carbons (Fsp3) is 0.207. The third-order valence-electron chi connectivity index (χ3n) is 6.31. The maximum Gasteiger partial charge on any atom is 0.325 e. The van der Waals surface area contributed by atoms with Crippen molar-refractivity contribution in [2.75, 3.05) is 25.7 Å². The van der Waals surface area contributed by atoms with Crippen molar-refractivity contribution in [1.29, 1.82) is 0 Å². The zero-order valence-electron chi connectivity index (χ0n) is 22.5. The van der Waals surface area contributed by atoms with Crippen LogP contribution in [0, 0.1) is 10.1 Å². The summed E-state index contributed by atoms with van der Waals surface area (Å²) in [5.74, 6) is -0.225. The predicted molar refractivity (Wildman–Crippen MR) is 161 cm³/mol. The Morgan fingerprint density at radius 2 is 1.83 bits per heavy atom.